The highest BCUT2D eigenvalue weighted by atomic mass is 16.4. The van der Waals surface area contributed by atoms with Gasteiger partial charge in [-0.3, -0.25) is 0 Å². The van der Waals surface area contributed by atoms with Gasteiger partial charge in [0.05, 0.1) is 11.8 Å². The number of rotatable bonds is 2. The van der Waals surface area contributed by atoms with Crippen LogP contribution in [-0.2, 0) is 6.54 Å². The van der Waals surface area contributed by atoms with Gasteiger partial charge in [-0.15, -0.1) is 0 Å². The van der Waals surface area contributed by atoms with E-state index in [1.807, 2.05) is 6.92 Å². The number of aromatic carboxylic acids is 1. The van der Waals surface area contributed by atoms with Crippen LogP contribution in [0.15, 0.2) is 22.8 Å². The molecule has 0 spiro atoms. The third kappa shape index (κ3) is 1.02. The van der Waals surface area contributed by atoms with Crippen LogP contribution in [0.3, 0.4) is 0 Å². The Labute approximate surface area is 74.4 Å². The Bertz CT molecular complexity index is 452. The molecule has 13 heavy (non-hydrogen) atoms. The number of hydrogen-bond donors (Lipinski definition) is 1. The molecule has 2 aromatic rings. The molecule has 0 aliphatic carbocycles. The molecule has 0 bridgehead atoms. The monoisotopic (exact) mass is 179 g/mol. The summed E-state index contributed by atoms with van der Waals surface area (Å²) in [5.74, 6) is -0.923. The van der Waals surface area contributed by atoms with Gasteiger partial charge in [-0.2, -0.15) is 0 Å². The molecule has 0 aliphatic heterocycles. The van der Waals surface area contributed by atoms with Crippen LogP contribution in [0.1, 0.15) is 17.4 Å². The number of aromatic nitrogens is 1. The van der Waals surface area contributed by atoms with E-state index in [0.717, 1.165) is 5.52 Å². The van der Waals surface area contributed by atoms with E-state index in [1.165, 1.54) is 0 Å². The van der Waals surface area contributed by atoms with Crippen molar-refractivity contribution in [3.05, 3.63) is 24.1 Å². The summed E-state index contributed by atoms with van der Waals surface area (Å²) in [4.78, 5) is 10.8. The summed E-state index contributed by atoms with van der Waals surface area (Å²) in [6.45, 7) is 2.53. The Morgan fingerprint density at radius 3 is 3.08 bits per heavy atom. The molecule has 0 saturated carbocycles. The highest BCUT2D eigenvalue weighted by Crippen LogP contribution is 2.20. The van der Waals surface area contributed by atoms with Crippen molar-refractivity contribution < 1.29 is 14.3 Å². The van der Waals surface area contributed by atoms with Crippen molar-refractivity contribution in [2.75, 3.05) is 0 Å². The molecule has 2 heterocycles. The largest absolute Gasteiger partial charge is 0.477 e. The zero-order chi connectivity index (χ0) is 9.42. The molecule has 0 fully saturated rings. The molecule has 0 unspecified atom stereocenters. The Kier molecular flexibility index (Phi) is 1.62. The van der Waals surface area contributed by atoms with Gasteiger partial charge in [0.1, 0.15) is 5.69 Å². The van der Waals surface area contributed by atoms with Gasteiger partial charge < -0.3 is 14.1 Å². The molecule has 0 saturated heterocycles. The highest BCUT2D eigenvalue weighted by molar-refractivity contribution is 5.92. The number of furan rings is 1. The van der Waals surface area contributed by atoms with E-state index in [0.29, 0.717) is 12.1 Å². The van der Waals surface area contributed by atoms with Gasteiger partial charge in [0.15, 0.2) is 5.58 Å². The van der Waals surface area contributed by atoms with Gasteiger partial charge >= 0.3 is 5.97 Å². The van der Waals surface area contributed by atoms with E-state index in [9.17, 15) is 4.79 Å². The lowest BCUT2D eigenvalue weighted by Gasteiger charge is -2.00. The summed E-state index contributed by atoms with van der Waals surface area (Å²) in [6.07, 6.45) is 1.56. The maximum Gasteiger partial charge on any atom is 0.352 e. The lowest BCUT2D eigenvalue weighted by molar-refractivity contribution is 0.0686. The quantitative estimate of drug-likeness (QED) is 0.766. The number of nitrogens with zero attached hydrogens (tertiary/aromatic N) is 1. The average molecular weight is 179 g/mol. The maximum absolute atomic E-state index is 10.8. The number of carboxylic acid groups (broad SMARTS) is 1. The van der Waals surface area contributed by atoms with Gasteiger partial charge in [-0.05, 0) is 6.92 Å². The molecule has 0 aromatic carbocycles. The number of hydrogen-bond acceptors (Lipinski definition) is 2. The third-order valence-corrected chi connectivity index (χ3v) is 2.06. The Morgan fingerprint density at radius 2 is 2.46 bits per heavy atom. The number of carboxylic acids is 1. The maximum atomic E-state index is 10.8. The smallest absolute Gasteiger partial charge is 0.352 e. The van der Waals surface area contributed by atoms with Crippen LogP contribution in [-0.4, -0.2) is 15.6 Å². The second kappa shape index (κ2) is 2.65. The van der Waals surface area contributed by atoms with E-state index >= 15 is 0 Å². The van der Waals surface area contributed by atoms with Crippen molar-refractivity contribution in [3.8, 4) is 0 Å². The zero-order valence-corrected chi connectivity index (χ0v) is 7.15. The van der Waals surface area contributed by atoms with Gasteiger partial charge in [0.25, 0.3) is 0 Å². The van der Waals surface area contributed by atoms with Gasteiger partial charge in [0, 0.05) is 18.7 Å². The second-order valence-electron chi connectivity index (χ2n) is 2.75. The summed E-state index contributed by atoms with van der Waals surface area (Å²) in [6, 6.07) is 3.31. The fourth-order valence-corrected chi connectivity index (χ4v) is 1.49. The molecule has 4 heteroatoms. The Hall–Kier alpha value is -1.71. The van der Waals surface area contributed by atoms with E-state index in [-0.39, 0.29) is 5.69 Å². The summed E-state index contributed by atoms with van der Waals surface area (Å²) >= 11 is 0. The standard InChI is InChI=1S/C9H9NO3/c1-2-10-6-3-4-13-8(6)5-7(10)9(11)12/h3-5H,2H2,1H3,(H,11,12). The van der Waals surface area contributed by atoms with Crippen LogP contribution in [0.2, 0.25) is 0 Å². The topological polar surface area (TPSA) is 55.4 Å². The fraction of sp³-hybridized carbons (Fsp3) is 0.222. The zero-order valence-electron chi connectivity index (χ0n) is 7.15. The number of aryl methyl sites for hydroxylation is 1. The van der Waals surface area contributed by atoms with E-state index in [1.54, 1.807) is 23.0 Å². The van der Waals surface area contributed by atoms with Crippen molar-refractivity contribution in [2.45, 2.75) is 13.5 Å². The third-order valence-electron chi connectivity index (χ3n) is 2.06. The highest BCUT2D eigenvalue weighted by Gasteiger charge is 2.14. The molecule has 2 aromatic heterocycles. The summed E-state index contributed by atoms with van der Waals surface area (Å²) in [5, 5.41) is 8.85. The van der Waals surface area contributed by atoms with Gasteiger partial charge in [-0.1, -0.05) is 0 Å². The van der Waals surface area contributed by atoms with Crippen molar-refractivity contribution >= 4 is 17.1 Å². The van der Waals surface area contributed by atoms with Gasteiger partial charge in [-0.25, -0.2) is 4.79 Å². The summed E-state index contributed by atoms with van der Waals surface area (Å²) in [7, 11) is 0. The molecular formula is C9H9NO3. The first-order valence-electron chi connectivity index (χ1n) is 4.04. The average Bonchev–Trinajstić information content (AvgIpc) is 2.60. The van der Waals surface area contributed by atoms with Crippen molar-refractivity contribution in [1.29, 1.82) is 0 Å². The molecule has 1 N–H and O–H groups in total. The molecule has 0 atom stereocenters. The van der Waals surface area contributed by atoms with Crippen molar-refractivity contribution in [3.63, 3.8) is 0 Å². The van der Waals surface area contributed by atoms with E-state index < -0.39 is 5.97 Å². The molecule has 0 aliphatic rings. The van der Waals surface area contributed by atoms with E-state index in [2.05, 4.69) is 0 Å². The lowest BCUT2D eigenvalue weighted by atomic mass is 10.4. The van der Waals surface area contributed by atoms with Crippen LogP contribution in [0.5, 0.6) is 0 Å². The van der Waals surface area contributed by atoms with Crippen molar-refractivity contribution in [1.82, 2.24) is 4.57 Å². The second-order valence-corrected chi connectivity index (χ2v) is 2.75. The molecule has 68 valence electrons. The molecular weight excluding hydrogens is 170 g/mol. The SMILES string of the molecule is CCn1c(C(=O)O)cc2occc21. The van der Waals surface area contributed by atoms with Gasteiger partial charge in [0.2, 0.25) is 0 Å². The first-order chi connectivity index (χ1) is 6.24. The molecule has 0 radical (unpaired) electrons. The fourth-order valence-electron chi connectivity index (χ4n) is 1.49. The molecule has 2 rings (SSSR count). The van der Waals surface area contributed by atoms with Crippen LogP contribution >= 0.6 is 0 Å². The van der Waals surface area contributed by atoms with Crippen LogP contribution in [0.4, 0.5) is 0 Å². The molecule has 4 nitrogen and oxygen atoms in total. The first-order valence-corrected chi connectivity index (χ1v) is 4.04. The first kappa shape index (κ1) is 7.91. The summed E-state index contributed by atoms with van der Waals surface area (Å²) in [5.41, 5.74) is 1.73. The van der Waals surface area contributed by atoms with Crippen LogP contribution in [0.25, 0.3) is 11.1 Å². The predicted octanol–water partition coefficient (Wildman–Crippen LogP) is 1.95. The van der Waals surface area contributed by atoms with Crippen molar-refractivity contribution in [2.24, 2.45) is 0 Å². The summed E-state index contributed by atoms with van der Waals surface area (Å²) < 4.78 is 6.82. The minimum atomic E-state index is -0.923. The number of fused-ring (bicyclic) bond motifs is 1. The number of carbonyl (C=O) groups is 1. The lowest BCUT2D eigenvalue weighted by Crippen LogP contribution is -2.06. The van der Waals surface area contributed by atoms with Crippen LogP contribution < -0.4 is 0 Å². The predicted molar refractivity (Wildman–Crippen MR) is 46.8 cm³/mol. The Morgan fingerprint density at radius 1 is 1.69 bits per heavy atom. The minimum absolute atomic E-state index is 0.275. The van der Waals surface area contributed by atoms with E-state index in [4.69, 9.17) is 9.52 Å². The molecule has 0 amide bonds. The minimum Gasteiger partial charge on any atom is -0.477 e. The normalized spacial score (nSPS) is 10.8. The van der Waals surface area contributed by atoms with Crippen LogP contribution in [0, 0.1) is 0 Å². The Balaban J connectivity index is 2.74.